The minimum Gasteiger partial charge on any atom is -0.481 e. The molecular formula is C11H17N3O3. The Kier molecular flexibility index (Phi) is 4.68. The monoisotopic (exact) mass is 239 g/mol. The van der Waals surface area contributed by atoms with Gasteiger partial charge >= 0.3 is 5.97 Å². The summed E-state index contributed by atoms with van der Waals surface area (Å²) in [6, 6.07) is 0. The maximum atomic E-state index is 11.7. The van der Waals surface area contributed by atoms with E-state index in [0.29, 0.717) is 13.0 Å². The lowest BCUT2D eigenvalue weighted by molar-refractivity contribution is -0.142. The molecular weight excluding hydrogens is 222 g/mol. The molecule has 94 valence electrons. The van der Waals surface area contributed by atoms with Crippen LogP contribution in [0.4, 0.5) is 0 Å². The van der Waals surface area contributed by atoms with Crippen molar-refractivity contribution < 1.29 is 14.7 Å². The average Bonchev–Trinajstić information content (AvgIpc) is 2.78. The van der Waals surface area contributed by atoms with Crippen molar-refractivity contribution in [3.05, 3.63) is 18.7 Å². The van der Waals surface area contributed by atoms with Crippen LogP contribution < -0.4 is 0 Å². The van der Waals surface area contributed by atoms with E-state index in [1.807, 2.05) is 4.57 Å². The van der Waals surface area contributed by atoms with Gasteiger partial charge in [-0.3, -0.25) is 9.59 Å². The Balaban J connectivity index is 2.34. The second-order valence-corrected chi connectivity index (χ2v) is 4.06. The first-order valence-corrected chi connectivity index (χ1v) is 5.43. The van der Waals surface area contributed by atoms with E-state index in [4.69, 9.17) is 5.11 Å². The van der Waals surface area contributed by atoms with Gasteiger partial charge < -0.3 is 14.6 Å². The van der Waals surface area contributed by atoms with Crippen molar-refractivity contribution >= 4 is 11.9 Å². The number of hydrogen-bond donors (Lipinski definition) is 1. The van der Waals surface area contributed by atoms with Crippen molar-refractivity contribution in [2.24, 2.45) is 5.92 Å². The molecule has 1 heterocycles. The Bertz CT molecular complexity index is 375. The molecule has 1 rings (SSSR count). The van der Waals surface area contributed by atoms with Crippen LogP contribution in [0.3, 0.4) is 0 Å². The van der Waals surface area contributed by atoms with E-state index < -0.39 is 11.9 Å². The number of carbonyl (C=O) groups is 2. The second kappa shape index (κ2) is 6.03. The fraction of sp³-hybridized carbons (Fsp3) is 0.545. The van der Waals surface area contributed by atoms with Gasteiger partial charge in [-0.25, -0.2) is 4.98 Å². The highest BCUT2D eigenvalue weighted by atomic mass is 16.4. The molecule has 0 fully saturated rings. The van der Waals surface area contributed by atoms with Crippen LogP contribution in [0.15, 0.2) is 18.7 Å². The van der Waals surface area contributed by atoms with E-state index in [1.165, 1.54) is 4.90 Å². The Morgan fingerprint density at radius 2 is 2.24 bits per heavy atom. The van der Waals surface area contributed by atoms with Crippen LogP contribution in [0.25, 0.3) is 0 Å². The third-order valence-corrected chi connectivity index (χ3v) is 2.54. The molecule has 1 atom stereocenters. The summed E-state index contributed by atoms with van der Waals surface area (Å²) in [6.07, 6.45) is 5.43. The third-order valence-electron chi connectivity index (χ3n) is 2.54. The minimum atomic E-state index is -0.890. The molecule has 0 saturated heterocycles. The van der Waals surface area contributed by atoms with Gasteiger partial charge in [0.05, 0.1) is 12.2 Å². The van der Waals surface area contributed by atoms with Crippen molar-refractivity contribution in [3.8, 4) is 0 Å². The number of imidazole rings is 1. The number of nitrogens with zero attached hydrogens (tertiary/aromatic N) is 3. The molecule has 6 heteroatoms. The van der Waals surface area contributed by atoms with Crippen LogP contribution in [0.2, 0.25) is 0 Å². The highest BCUT2D eigenvalue weighted by molar-refractivity contribution is 5.77. The quantitative estimate of drug-likeness (QED) is 0.782. The average molecular weight is 239 g/mol. The molecule has 0 bridgehead atoms. The number of hydrogen-bond acceptors (Lipinski definition) is 3. The molecule has 1 amide bonds. The van der Waals surface area contributed by atoms with Crippen molar-refractivity contribution in [1.29, 1.82) is 0 Å². The SMILES string of the molecule is CC(CN(C)C(=O)CCn1ccnc1)C(=O)O. The molecule has 0 aromatic carbocycles. The van der Waals surface area contributed by atoms with E-state index in [2.05, 4.69) is 4.98 Å². The Morgan fingerprint density at radius 3 is 2.76 bits per heavy atom. The summed E-state index contributed by atoms with van der Waals surface area (Å²) < 4.78 is 1.81. The van der Waals surface area contributed by atoms with Gasteiger partial charge in [0.25, 0.3) is 0 Å². The van der Waals surface area contributed by atoms with Crippen molar-refractivity contribution in [1.82, 2.24) is 14.5 Å². The van der Waals surface area contributed by atoms with Gasteiger partial charge in [0.15, 0.2) is 0 Å². The molecule has 1 unspecified atom stereocenters. The predicted octanol–water partition coefficient (Wildman–Crippen LogP) is 0.452. The summed E-state index contributed by atoms with van der Waals surface area (Å²) in [6.45, 7) is 2.38. The summed E-state index contributed by atoms with van der Waals surface area (Å²) in [5.74, 6) is -1.50. The molecule has 0 radical (unpaired) electrons. The lowest BCUT2D eigenvalue weighted by Crippen LogP contribution is -2.34. The van der Waals surface area contributed by atoms with Crippen LogP contribution >= 0.6 is 0 Å². The Labute approximate surface area is 99.9 Å². The molecule has 0 saturated carbocycles. The number of amides is 1. The number of carboxylic acid groups (broad SMARTS) is 1. The number of carbonyl (C=O) groups excluding carboxylic acids is 1. The maximum Gasteiger partial charge on any atom is 0.308 e. The number of aliphatic carboxylic acids is 1. The first-order valence-electron chi connectivity index (χ1n) is 5.43. The molecule has 1 aromatic rings. The van der Waals surface area contributed by atoms with Gasteiger partial charge in [0.1, 0.15) is 0 Å². The number of carboxylic acids is 1. The zero-order valence-electron chi connectivity index (χ0n) is 10.0. The number of rotatable bonds is 6. The van der Waals surface area contributed by atoms with Gasteiger partial charge in [-0.2, -0.15) is 0 Å². The molecule has 0 aliphatic heterocycles. The highest BCUT2D eigenvalue weighted by Crippen LogP contribution is 2.01. The first kappa shape index (κ1) is 13.2. The van der Waals surface area contributed by atoms with Crippen LogP contribution in [0.5, 0.6) is 0 Å². The Hall–Kier alpha value is -1.85. The van der Waals surface area contributed by atoms with Crippen molar-refractivity contribution in [3.63, 3.8) is 0 Å². The molecule has 0 aliphatic carbocycles. The van der Waals surface area contributed by atoms with Gasteiger partial charge in [0, 0.05) is 39.0 Å². The highest BCUT2D eigenvalue weighted by Gasteiger charge is 2.16. The first-order chi connectivity index (χ1) is 8.00. The van der Waals surface area contributed by atoms with Crippen molar-refractivity contribution in [2.45, 2.75) is 19.9 Å². The van der Waals surface area contributed by atoms with E-state index in [9.17, 15) is 9.59 Å². The van der Waals surface area contributed by atoms with Crippen molar-refractivity contribution in [2.75, 3.05) is 13.6 Å². The largest absolute Gasteiger partial charge is 0.481 e. The minimum absolute atomic E-state index is 0.0631. The standard InChI is InChI=1S/C11H17N3O3/c1-9(11(16)17)7-13(2)10(15)3-5-14-6-4-12-8-14/h4,6,8-9H,3,5,7H2,1-2H3,(H,16,17). The van der Waals surface area contributed by atoms with E-state index in [0.717, 1.165) is 0 Å². The Morgan fingerprint density at radius 1 is 1.53 bits per heavy atom. The summed E-state index contributed by atoms with van der Waals surface area (Å²) in [7, 11) is 1.62. The maximum absolute atomic E-state index is 11.7. The molecule has 6 nitrogen and oxygen atoms in total. The fourth-order valence-corrected chi connectivity index (χ4v) is 1.43. The topological polar surface area (TPSA) is 75.4 Å². The van der Waals surface area contributed by atoms with Gasteiger partial charge in [-0.15, -0.1) is 0 Å². The molecule has 17 heavy (non-hydrogen) atoms. The van der Waals surface area contributed by atoms with Gasteiger partial charge in [-0.1, -0.05) is 6.92 Å². The summed E-state index contributed by atoms with van der Waals surface area (Å²) in [5.41, 5.74) is 0. The van der Waals surface area contributed by atoms with Crippen LogP contribution in [0, 0.1) is 5.92 Å². The molecule has 1 N–H and O–H groups in total. The molecule has 1 aromatic heterocycles. The smallest absolute Gasteiger partial charge is 0.308 e. The second-order valence-electron chi connectivity index (χ2n) is 4.06. The van der Waals surface area contributed by atoms with Gasteiger partial charge in [0.2, 0.25) is 5.91 Å². The van der Waals surface area contributed by atoms with Crippen LogP contribution in [0.1, 0.15) is 13.3 Å². The van der Waals surface area contributed by atoms with E-state index in [-0.39, 0.29) is 12.5 Å². The number of aromatic nitrogens is 2. The van der Waals surface area contributed by atoms with Crippen LogP contribution in [-0.2, 0) is 16.1 Å². The predicted molar refractivity (Wildman–Crippen MR) is 61.3 cm³/mol. The lowest BCUT2D eigenvalue weighted by Gasteiger charge is -2.19. The fourth-order valence-electron chi connectivity index (χ4n) is 1.43. The summed E-state index contributed by atoms with van der Waals surface area (Å²) in [5, 5.41) is 8.74. The van der Waals surface area contributed by atoms with Gasteiger partial charge in [-0.05, 0) is 0 Å². The van der Waals surface area contributed by atoms with E-state index in [1.54, 1.807) is 32.7 Å². The number of aryl methyl sites for hydroxylation is 1. The normalized spacial score (nSPS) is 12.1. The molecule has 0 spiro atoms. The lowest BCUT2D eigenvalue weighted by atomic mass is 10.1. The molecule has 0 aliphatic rings. The summed E-state index contributed by atoms with van der Waals surface area (Å²) >= 11 is 0. The van der Waals surface area contributed by atoms with Crippen LogP contribution in [-0.4, -0.2) is 45.0 Å². The van der Waals surface area contributed by atoms with E-state index >= 15 is 0 Å². The zero-order valence-corrected chi connectivity index (χ0v) is 10.0. The zero-order chi connectivity index (χ0) is 12.8. The summed E-state index contributed by atoms with van der Waals surface area (Å²) in [4.78, 5) is 27.7. The third kappa shape index (κ3) is 4.26.